The van der Waals surface area contributed by atoms with Crippen molar-refractivity contribution in [3.8, 4) is 0 Å². The van der Waals surface area contributed by atoms with E-state index < -0.39 is 11.9 Å². The molecule has 6 heteroatoms. The van der Waals surface area contributed by atoms with Crippen LogP contribution >= 0.6 is 0 Å². The molecular formula is C27H28N2O4. The first-order valence-corrected chi connectivity index (χ1v) is 11.2. The highest BCUT2D eigenvalue weighted by Gasteiger charge is 2.25. The van der Waals surface area contributed by atoms with E-state index in [0.717, 1.165) is 16.8 Å². The molecule has 4 rings (SSSR count). The fourth-order valence-corrected chi connectivity index (χ4v) is 4.05. The van der Waals surface area contributed by atoms with E-state index in [4.69, 9.17) is 9.47 Å². The molecule has 33 heavy (non-hydrogen) atoms. The Hall–Kier alpha value is -3.64. The van der Waals surface area contributed by atoms with Gasteiger partial charge in [0, 0.05) is 13.1 Å². The molecule has 0 atom stereocenters. The number of nitrogens with zero attached hydrogens (tertiary/aromatic N) is 1. The minimum Gasteiger partial charge on any atom is -0.462 e. The molecule has 1 aliphatic rings. The number of hydrogen-bond donors (Lipinski definition) is 1. The number of rotatable bonds is 7. The largest absolute Gasteiger partial charge is 0.462 e. The number of carbonyl (C=O) groups is 2. The molecule has 1 amide bonds. The molecule has 1 heterocycles. The second-order valence-electron chi connectivity index (χ2n) is 7.80. The van der Waals surface area contributed by atoms with Crippen molar-refractivity contribution in [2.45, 2.75) is 12.8 Å². The van der Waals surface area contributed by atoms with E-state index in [0.29, 0.717) is 37.6 Å². The Morgan fingerprint density at radius 2 is 1.55 bits per heavy atom. The van der Waals surface area contributed by atoms with Crippen molar-refractivity contribution in [1.82, 2.24) is 0 Å². The van der Waals surface area contributed by atoms with Crippen molar-refractivity contribution in [3.05, 3.63) is 95.6 Å². The Balaban J connectivity index is 1.70. The van der Waals surface area contributed by atoms with Crippen LogP contribution in [0, 0.1) is 0 Å². The summed E-state index contributed by atoms with van der Waals surface area (Å²) in [6.07, 6.45) is 0. The minimum atomic E-state index is -0.490. The lowest BCUT2D eigenvalue weighted by molar-refractivity contribution is -0.116. The average Bonchev–Trinajstić information content (AvgIpc) is 2.86. The minimum absolute atomic E-state index is 0.164. The second-order valence-corrected chi connectivity index (χ2v) is 7.80. The number of nitrogens with one attached hydrogen (secondary N) is 1. The van der Waals surface area contributed by atoms with Crippen LogP contribution in [0.15, 0.2) is 78.9 Å². The SMILES string of the molecule is CCOC(=O)c1ccc(N2CCOCC2)c(NC(=O)C(c2ccccc2)c2ccccc2)c1. The summed E-state index contributed by atoms with van der Waals surface area (Å²) < 4.78 is 10.7. The van der Waals surface area contributed by atoms with Crippen LogP contribution < -0.4 is 10.2 Å². The average molecular weight is 445 g/mol. The number of anilines is 2. The van der Waals surface area contributed by atoms with Gasteiger partial charge in [-0.3, -0.25) is 4.79 Å². The normalized spacial score (nSPS) is 13.6. The summed E-state index contributed by atoms with van der Waals surface area (Å²) in [5.41, 5.74) is 3.65. The van der Waals surface area contributed by atoms with E-state index in [9.17, 15) is 9.59 Å². The second kappa shape index (κ2) is 10.8. The lowest BCUT2D eigenvalue weighted by Crippen LogP contribution is -2.37. The summed E-state index contributed by atoms with van der Waals surface area (Å²) in [6.45, 7) is 4.71. The number of carbonyl (C=O) groups excluding carboxylic acids is 2. The highest BCUT2D eigenvalue weighted by atomic mass is 16.5. The molecule has 0 spiro atoms. The van der Waals surface area contributed by atoms with Gasteiger partial charge < -0.3 is 19.7 Å². The van der Waals surface area contributed by atoms with Crippen LogP contribution in [0.2, 0.25) is 0 Å². The van der Waals surface area contributed by atoms with E-state index in [2.05, 4.69) is 10.2 Å². The molecule has 0 aromatic heterocycles. The molecule has 0 radical (unpaired) electrons. The van der Waals surface area contributed by atoms with E-state index in [-0.39, 0.29) is 12.5 Å². The Kier molecular flexibility index (Phi) is 7.37. The topological polar surface area (TPSA) is 67.9 Å². The molecule has 3 aromatic carbocycles. The highest BCUT2D eigenvalue weighted by Crippen LogP contribution is 2.32. The van der Waals surface area contributed by atoms with Gasteiger partial charge in [-0.15, -0.1) is 0 Å². The third-order valence-corrected chi connectivity index (χ3v) is 5.65. The zero-order valence-corrected chi connectivity index (χ0v) is 18.7. The number of ether oxygens (including phenoxy) is 2. The van der Waals surface area contributed by atoms with Crippen LogP contribution in [-0.4, -0.2) is 44.8 Å². The maximum absolute atomic E-state index is 13.7. The Morgan fingerprint density at radius 1 is 0.939 bits per heavy atom. The van der Waals surface area contributed by atoms with Gasteiger partial charge in [0.2, 0.25) is 5.91 Å². The van der Waals surface area contributed by atoms with Gasteiger partial charge in [0.25, 0.3) is 0 Å². The zero-order valence-electron chi connectivity index (χ0n) is 18.7. The third kappa shape index (κ3) is 5.41. The van der Waals surface area contributed by atoms with Crippen molar-refractivity contribution >= 4 is 23.3 Å². The van der Waals surface area contributed by atoms with Gasteiger partial charge in [-0.25, -0.2) is 4.79 Å². The predicted octanol–water partition coefficient (Wildman–Crippen LogP) is 4.47. The van der Waals surface area contributed by atoms with Gasteiger partial charge in [0.1, 0.15) is 0 Å². The number of benzene rings is 3. The van der Waals surface area contributed by atoms with Crippen LogP contribution in [-0.2, 0) is 14.3 Å². The molecular weight excluding hydrogens is 416 g/mol. The molecule has 0 unspecified atom stereocenters. The molecule has 1 aliphatic heterocycles. The first kappa shape index (κ1) is 22.6. The molecule has 6 nitrogen and oxygen atoms in total. The van der Waals surface area contributed by atoms with Crippen LogP contribution in [0.1, 0.15) is 34.3 Å². The summed E-state index contributed by atoms with van der Waals surface area (Å²) in [5, 5.41) is 3.11. The molecule has 3 aromatic rings. The van der Waals surface area contributed by atoms with E-state index >= 15 is 0 Å². The van der Waals surface area contributed by atoms with Crippen molar-refractivity contribution in [2.75, 3.05) is 43.1 Å². The zero-order chi connectivity index (χ0) is 23.0. The first-order chi connectivity index (χ1) is 16.2. The van der Waals surface area contributed by atoms with Gasteiger partial charge in [0.15, 0.2) is 0 Å². The fraction of sp³-hybridized carbons (Fsp3) is 0.259. The first-order valence-electron chi connectivity index (χ1n) is 11.2. The summed E-state index contributed by atoms with van der Waals surface area (Å²) in [7, 11) is 0. The van der Waals surface area contributed by atoms with Gasteiger partial charge in [-0.1, -0.05) is 60.7 Å². The predicted molar refractivity (Wildman–Crippen MR) is 129 cm³/mol. The number of morpholine rings is 1. The van der Waals surface area contributed by atoms with Crippen molar-refractivity contribution in [2.24, 2.45) is 0 Å². The summed E-state index contributed by atoms with van der Waals surface area (Å²) >= 11 is 0. The lowest BCUT2D eigenvalue weighted by atomic mass is 9.90. The van der Waals surface area contributed by atoms with Gasteiger partial charge in [-0.05, 0) is 36.2 Å². The van der Waals surface area contributed by atoms with Gasteiger partial charge >= 0.3 is 5.97 Å². The Morgan fingerprint density at radius 3 is 2.12 bits per heavy atom. The molecule has 0 bridgehead atoms. The van der Waals surface area contributed by atoms with Crippen LogP contribution in [0.4, 0.5) is 11.4 Å². The quantitative estimate of drug-likeness (QED) is 0.545. The standard InChI is InChI=1S/C27H28N2O4/c1-2-33-27(31)22-13-14-24(29-15-17-32-18-16-29)23(19-22)28-26(30)25(20-9-5-3-6-10-20)21-11-7-4-8-12-21/h3-14,19,25H,2,15-18H2,1H3,(H,28,30). The van der Waals surface area contributed by atoms with E-state index in [1.165, 1.54) is 0 Å². The lowest BCUT2D eigenvalue weighted by Gasteiger charge is -2.31. The molecule has 0 saturated carbocycles. The maximum atomic E-state index is 13.7. The third-order valence-electron chi connectivity index (χ3n) is 5.65. The van der Waals surface area contributed by atoms with E-state index in [1.54, 1.807) is 19.1 Å². The Bertz CT molecular complexity index is 1040. The fourth-order valence-electron chi connectivity index (χ4n) is 4.05. The molecule has 0 aliphatic carbocycles. The summed E-state index contributed by atoms with van der Waals surface area (Å²) in [5.74, 6) is -1.07. The molecule has 1 fully saturated rings. The number of amides is 1. The maximum Gasteiger partial charge on any atom is 0.338 e. The van der Waals surface area contributed by atoms with Crippen molar-refractivity contribution in [3.63, 3.8) is 0 Å². The smallest absolute Gasteiger partial charge is 0.338 e. The highest BCUT2D eigenvalue weighted by molar-refractivity contribution is 6.02. The van der Waals surface area contributed by atoms with Crippen LogP contribution in [0.25, 0.3) is 0 Å². The molecule has 1 N–H and O–H groups in total. The molecule has 1 saturated heterocycles. The summed E-state index contributed by atoms with van der Waals surface area (Å²) in [6, 6.07) is 24.7. The summed E-state index contributed by atoms with van der Waals surface area (Å²) in [4.78, 5) is 28.2. The Labute approximate surface area is 194 Å². The van der Waals surface area contributed by atoms with E-state index in [1.807, 2.05) is 66.7 Å². The molecule has 170 valence electrons. The van der Waals surface area contributed by atoms with Crippen molar-refractivity contribution < 1.29 is 19.1 Å². The number of hydrogen-bond acceptors (Lipinski definition) is 5. The van der Waals surface area contributed by atoms with Gasteiger partial charge in [0.05, 0.1) is 42.7 Å². The van der Waals surface area contributed by atoms with Gasteiger partial charge in [-0.2, -0.15) is 0 Å². The van der Waals surface area contributed by atoms with Crippen molar-refractivity contribution in [1.29, 1.82) is 0 Å². The van der Waals surface area contributed by atoms with Crippen LogP contribution in [0.3, 0.4) is 0 Å². The van der Waals surface area contributed by atoms with Crippen LogP contribution in [0.5, 0.6) is 0 Å². The number of esters is 1. The monoisotopic (exact) mass is 444 g/mol.